The highest BCUT2D eigenvalue weighted by Gasteiger charge is 2.26. The average Bonchev–Trinajstić information content (AvgIpc) is 2.82. The van der Waals surface area contributed by atoms with Crippen molar-refractivity contribution in [3.8, 4) is 6.07 Å². The van der Waals surface area contributed by atoms with Gasteiger partial charge in [-0.3, -0.25) is 0 Å². The Morgan fingerprint density at radius 2 is 2.35 bits per heavy atom. The van der Waals surface area contributed by atoms with Crippen LogP contribution in [0, 0.1) is 11.3 Å². The molecule has 3 nitrogen and oxygen atoms in total. The second-order valence-corrected chi connectivity index (χ2v) is 5.97. The van der Waals surface area contributed by atoms with Crippen LogP contribution in [0.2, 0.25) is 5.02 Å². The Bertz CT molecular complexity index is 547. The van der Waals surface area contributed by atoms with Crippen molar-refractivity contribution in [1.29, 1.82) is 5.26 Å². The molecule has 1 saturated heterocycles. The number of rotatable bonds is 4. The molecule has 106 valence electrons. The van der Waals surface area contributed by atoms with E-state index in [1.54, 1.807) is 6.07 Å². The summed E-state index contributed by atoms with van der Waals surface area (Å²) in [5.41, 5.74) is 2.71. The molecule has 4 heteroatoms. The van der Waals surface area contributed by atoms with Gasteiger partial charge in [0.2, 0.25) is 0 Å². The van der Waals surface area contributed by atoms with Crippen LogP contribution in [-0.4, -0.2) is 37.6 Å². The minimum Gasteiger partial charge on any atom is -0.363 e. The molecule has 20 heavy (non-hydrogen) atoms. The third-order valence-electron chi connectivity index (χ3n) is 3.65. The number of likely N-dealkylation sites (N-methyl/N-ethyl adjacent to an activating group) is 1. The van der Waals surface area contributed by atoms with E-state index in [0.717, 1.165) is 37.3 Å². The summed E-state index contributed by atoms with van der Waals surface area (Å²) < 4.78 is 0. The van der Waals surface area contributed by atoms with Gasteiger partial charge in [-0.2, -0.15) is 5.26 Å². The summed E-state index contributed by atoms with van der Waals surface area (Å²) >= 11 is 6.16. The van der Waals surface area contributed by atoms with Crippen LogP contribution in [0.5, 0.6) is 0 Å². The van der Waals surface area contributed by atoms with Gasteiger partial charge in [-0.15, -0.1) is 0 Å². The summed E-state index contributed by atoms with van der Waals surface area (Å²) in [6.45, 7) is 9.04. The molecule has 1 aliphatic heterocycles. The smallest absolute Gasteiger partial charge is 0.101 e. The largest absolute Gasteiger partial charge is 0.363 e. The van der Waals surface area contributed by atoms with Crippen molar-refractivity contribution in [2.24, 2.45) is 0 Å². The highest BCUT2D eigenvalue weighted by molar-refractivity contribution is 6.32. The maximum Gasteiger partial charge on any atom is 0.101 e. The molecular weight excluding hydrogens is 270 g/mol. The number of anilines is 1. The van der Waals surface area contributed by atoms with E-state index in [1.165, 1.54) is 0 Å². The number of hydrogen-bond donors (Lipinski definition) is 0. The Kier molecular flexibility index (Phi) is 4.69. The zero-order valence-corrected chi connectivity index (χ0v) is 12.8. The fourth-order valence-corrected chi connectivity index (χ4v) is 2.88. The van der Waals surface area contributed by atoms with Crippen LogP contribution < -0.4 is 4.90 Å². The first kappa shape index (κ1) is 14.9. The van der Waals surface area contributed by atoms with E-state index in [-0.39, 0.29) is 0 Å². The van der Waals surface area contributed by atoms with Gasteiger partial charge >= 0.3 is 0 Å². The molecule has 0 amide bonds. The molecule has 1 aromatic carbocycles. The van der Waals surface area contributed by atoms with Crippen LogP contribution in [0.1, 0.15) is 18.9 Å². The molecule has 0 bridgehead atoms. The SMILES string of the molecule is C=C(C)CN(c1ccc(C#N)c(Cl)c1)[C@H]1CCN(C)C1. The molecular formula is C16H20ClN3. The van der Waals surface area contributed by atoms with Crippen LogP contribution in [0.15, 0.2) is 30.4 Å². The molecule has 0 aliphatic carbocycles. The molecule has 1 atom stereocenters. The summed E-state index contributed by atoms with van der Waals surface area (Å²) in [6.07, 6.45) is 1.14. The lowest BCUT2D eigenvalue weighted by Crippen LogP contribution is -2.38. The molecule has 1 aromatic rings. The molecule has 0 aromatic heterocycles. The summed E-state index contributed by atoms with van der Waals surface area (Å²) in [6, 6.07) is 8.24. The third-order valence-corrected chi connectivity index (χ3v) is 3.96. The summed E-state index contributed by atoms with van der Waals surface area (Å²) in [5.74, 6) is 0. The number of nitriles is 1. The number of nitrogens with zero attached hydrogens (tertiary/aromatic N) is 3. The lowest BCUT2D eigenvalue weighted by atomic mass is 10.1. The topological polar surface area (TPSA) is 30.3 Å². The normalized spacial score (nSPS) is 18.8. The Hall–Kier alpha value is -1.50. The van der Waals surface area contributed by atoms with Crippen molar-refractivity contribution in [2.45, 2.75) is 19.4 Å². The molecule has 1 aliphatic rings. The zero-order valence-electron chi connectivity index (χ0n) is 12.1. The van der Waals surface area contributed by atoms with Gasteiger partial charge in [-0.05, 0) is 45.1 Å². The van der Waals surface area contributed by atoms with Gasteiger partial charge in [0.1, 0.15) is 6.07 Å². The second kappa shape index (κ2) is 6.30. The van der Waals surface area contributed by atoms with Gasteiger partial charge in [0.25, 0.3) is 0 Å². The van der Waals surface area contributed by atoms with Crippen molar-refractivity contribution >= 4 is 17.3 Å². The number of likely N-dealkylation sites (tertiary alicyclic amines) is 1. The summed E-state index contributed by atoms with van der Waals surface area (Å²) in [5, 5.41) is 9.49. The van der Waals surface area contributed by atoms with E-state index in [2.05, 4.69) is 29.5 Å². The standard InChI is InChI=1S/C16H20ClN3/c1-12(2)10-20(15-6-7-19(3)11-15)14-5-4-13(9-18)16(17)8-14/h4-5,8,15H,1,6-7,10-11H2,2-3H3/t15-/m0/s1. The molecule has 0 radical (unpaired) electrons. The summed E-state index contributed by atoms with van der Waals surface area (Å²) in [4.78, 5) is 4.68. The molecule has 0 spiro atoms. The van der Waals surface area contributed by atoms with E-state index in [0.29, 0.717) is 16.6 Å². The first-order chi connectivity index (χ1) is 9.51. The first-order valence-corrected chi connectivity index (χ1v) is 7.18. The molecule has 0 unspecified atom stereocenters. The van der Waals surface area contributed by atoms with E-state index in [4.69, 9.17) is 16.9 Å². The van der Waals surface area contributed by atoms with Crippen LogP contribution in [0.3, 0.4) is 0 Å². The van der Waals surface area contributed by atoms with Gasteiger partial charge < -0.3 is 9.80 Å². The predicted molar refractivity (Wildman–Crippen MR) is 84.2 cm³/mol. The van der Waals surface area contributed by atoms with Crippen molar-refractivity contribution < 1.29 is 0 Å². The maximum absolute atomic E-state index is 8.97. The van der Waals surface area contributed by atoms with Crippen molar-refractivity contribution in [3.05, 3.63) is 40.9 Å². The van der Waals surface area contributed by atoms with Crippen LogP contribution >= 0.6 is 11.6 Å². The maximum atomic E-state index is 8.97. The molecule has 2 rings (SSSR count). The number of halogens is 1. The van der Waals surface area contributed by atoms with Gasteiger partial charge in [0, 0.05) is 24.8 Å². The fourth-order valence-electron chi connectivity index (χ4n) is 2.66. The highest BCUT2D eigenvalue weighted by atomic mass is 35.5. The van der Waals surface area contributed by atoms with Gasteiger partial charge in [0.05, 0.1) is 10.6 Å². The highest BCUT2D eigenvalue weighted by Crippen LogP contribution is 2.27. The first-order valence-electron chi connectivity index (χ1n) is 6.80. The Morgan fingerprint density at radius 1 is 1.60 bits per heavy atom. The quantitative estimate of drug-likeness (QED) is 0.797. The van der Waals surface area contributed by atoms with Crippen LogP contribution in [0.25, 0.3) is 0 Å². The lowest BCUT2D eigenvalue weighted by Gasteiger charge is -2.31. The van der Waals surface area contributed by atoms with Gasteiger partial charge in [0.15, 0.2) is 0 Å². The monoisotopic (exact) mass is 289 g/mol. The van der Waals surface area contributed by atoms with Gasteiger partial charge in [-0.25, -0.2) is 0 Å². The average molecular weight is 290 g/mol. The van der Waals surface area contributed by atoms with Crippen LogP contribution in [-0.2, 0) is 0 Å². The van der Waals surface area contributed by atoms with E-state index >= 15 is 0 Å². The molecule has 1 heterocycles. The fraction of sp³-hybridized carbons (Fsp3) is 0.438. The zero-order chi connectivity index (χ0) is 14.7. The van der Waals surface area contributed by atoms with Crippen molar-refractivity contribution in [2.75, 3.05) is 31.6 Å². The Morgan fingerprint density at radius 3 is 2.85 bits per heavy atom. The minimum atomic E-state index is 0.473. The van der Waals surface area contributed by atoms with Gasteiger partial charge in [-0.1, -0.05) is 23.8 Å². The predicted octanol–water partition coefficient (Wildman–Crippen LogP) is 3.30. The van der Waals surface area contributed by atoms with E-state index in [1.807, 2.05) is 19.1 Å². The second-order valence-electron chi connectivity index (χ2n) is 5.57. The van der Waals surface area contributed by atoms with Crippen LogP contribution in [0.4, 0.5) is 5.69 Å². The lowest BCUT2D eigenvalue weighted by molar-refractivity contribution is 0.408. The minimum absolute atomic E-state index is 0.473. The summed E-state index contributed by atoms with van der Waals surface area (Å²) in [7, 11) is 2.14. The van der Waals surface area contributed by atoms with E-state index in [9.17, 15) is 0 Å². The van der Waals surface area contributed by atoms with Crippen molar-refractivity contribution in [3.63, 3.8) is 0 Å². The number of hydrogen-bond acceptors (Lipinski definition) is 3. The number of benzene rings is 1. The Labute approximate surface area is 126 Å². The molecule has 1 fully saturated rings. The molecule has 0 saturated carbocycles. The molecule has 0 N–H and O–H groups in total. The third kappa shape index (κ3) is 3.33. The van der Waals surface area contributed by atoms with Crippen molar-refractivity contribution in [1.82, 2.24) is 4.90 Å². The van der Waals surface area contributed by atoms with E-state index < -0.39 is 0 Å². The Balaban J connectivity index is 2.29.